The summed E-state index contributed by atoms with van der Waals surface area (Å²) in [6, 6.07) is 6.30. The molecule has 232 valence electrons. The molecule has 3 aromatic rings. The van der Waals surface area contributed by atoms with Crippen LogP contribution in [0.4, 0.5) is 35.1 Å². The van der Waals surface area contributed by atoms with Crippen molar-refractivity contribution in [3.8, 4) is 11.4 Å². The van der Waals surface area contributed by atoms with Crippen molar-refractivity contribution < 1.29 is 79.0 Å². The number of benzene rings is 2. The van der Waals surface area contributed by atoms with Gasteiger partial charge in [0, 0.05) is 18.1 Å². The summed E-state index contributed by atoms with van der Waals surface area (Å²) in [7, 11) is 0. The maximum atomic E-state index is 13.1. The summed E-state index contributed by atoms with van der Waals surface area (Å²) < 4.78 is 100. The van der Waals surface area contributed by atoms with E-state index in [4.69, 9.17) is 25.7 Å². The van der Waals surface area contributed by atoms with Gasteiger partial charge in [-0.3, -0.25) is 0 Å². The van der Waals surface area contributed by atoms with Crippen molar-refractivity contribution in [2.45, 2.75) is 19.3 Å². The number of hydrogen-bond donors (Lipinski definition) is 4. The van der Waals surface area contributed by atoms with Gasteiger partial charge in [-0.2, -0.15) is 31.3 Å². The molecule has 2 aromatic carbocycles. The van der Waals surface area contributed by atoms with Gasteiger partial charge >= 0.3 is 36.2 Å². The number of hydrogen-bond acceptors (Lipinski definition) is 10. The van der Waals surface area contributed by atoms with Gasteiger partial charge in [0.25, 0.3) is 0 Å². The topological polar surface area (TPSA) is 215 Å². The Labute approximate surface area is 231 Å². The predicted octanol–water partition coefficient (Wildman–Crippen LogP) is 3.68. The van der Waals surface area contributed by atoms with Crippen LogP contribution < -0.4 is 5.73 Å². The van der Waals surface area contributed by atoms with Gasteiger partial charge in [0.1, 0.15) is 11.6 Å². The molecule has 0 saturated heterocycles. The normalized spacial score (nSPS) is 11.3. The summed E-state index contributed by atoms with van der Waals surface area (Å²) >= 11 is 0. The molecule has 0 atom stereocenters. The summed E-state index contributed by atoms with van der Waals surface area (Å²) in [5.74, 6) is -10.1. The van der Waals surface area contributed by atoms with Crippen LogP contribution in [-0.4, -0.2) is 67.6 Å². The second-order valence-electron chi connectivity index (χ2n) is 7.36. The summed E-state index contributed by atoms with van der Waals surface area (Å²) in [4.78, 5) is 44.4. The molecule has 0 saturated carbocycles. The first-order chi connectivity index (χ1) is 19.6. The van der Waals surface area contributed by atoms with Gasteiger partial charge in [0.2, 0.25) is 11.7 Å². The Bertz CT molecular complexity index is 1510. The number of carbonyl (C=O) groups is 4. The number of carboxylic acids is 2. The Kier molecular flexibility index (Phi) is 11.8. The van der Waals surface area contributed by atoms with Crippen LogP contribution in [0.3, 0.4) is 0 Å². The van der Waals surface area contributed by atoms with Crippen molar-refractivity contribution in [3.63, 3.8) is 0 Å². The highest BCUT2D eigenvalue weighted by atomic mass is 19.4. The highest BCUT2D eigenvalue weighted by molar-refractivity contribution is 5.99. The lowest BCUT2D eigenvalue weighted by Gasteiger charge is -2.06. The van der Waals surface area contributed by atoms with Crippen molar-refractivity contribution in [1.29, 1.82) is 0 Å². The lowest BCUT2D eigenvalue weighted by Crippen LogP contribution is -2.34. The van der Waals surface area contributed by atoms with Crippen LogP contribution in [0, 0.1) is 18.6 Å². The monoisotopic (exact) mass is 630 g/mol. The van der Waals surface area contributed by atoms with E-state index < -0.39 is 47.9 Å². The molecule has 3 rings (SSSR count). The molecule has 21 heteroatoms. The van der Waals surface area contributed by atoms with Crippen molar-refractivity contribution in [2.75, 3.05) is 0 Å². The number of nitrogens with zero attached hydrogens (tertiary/aromatic N) is 3. The van der Waals surface area contributed by atoms with E-state index in [1.807, 2.05) is 0 Å². The fraction of sp³-hybridized carbons (Fsp3) is 0.136. The van der Waals surface area contributed by atoms with E-state index in [-0.39, 0.29) is 33.9 Å². The van der Waals surface area contributed by atoms with Crippen LogP contribution in [0.25, 0.3) is 11.4 Å². The highest BCUT2D eigenvalue weighted by Gasteiger charge is 2.49. The molecule has 0 bridgehead atoms. The van der Waals surface area contributed by atoms with E-state index in [9.17, 15) is 54.3 Å². The molecule has 0 aliphatic carbocycles. The Hall–Kier alpha value is -5.63. The Balaban J connectivity index is 0.000000325. The van der Waals surface area contributed by atoms with Crippen LogP contribution in [0.1, 0.15) is 32.2 Å². The third-order valence-electron chi connectivity index (χ3n) is 4.13. The molecule has 0 unspecified atom stereocenters. The Morgan fingerprint density at radius 2 is 1.26 bits per heavy atom. The lowest BCUT2D eigenvalue weighted by molar-refractivity contribution is -0.221. The smallest absolute Gasteiger partial charge is 0.478 e. The second kappa shape index (κ2) is 14.3. The first kappa shape index (κ1) is 35.4. The van der Waals surface area contributed by atoms with Gasteiger partial charge in [-0.15, -0.1) is 0 Å². The molecule has 13 nitrogen and oxygen atoms in total. The molecule has 1 heterocycles. The molecular weight excluding hydrogens is 616 g/mol. The van der Waals surface area contributed by atoms with Crippen LogP contribution in [0.5, 0.6) is 0 Å². The van der Waals surface area contributed by atoms with Crippen LogP contribution in [0.2, 0.25) is 0 Å². The summed E-state index contributed by atoms with van der Waals surface area (Å²) in [5, 5.41) is 31.9. The van der Waals surface area contributed by atoms with Gasteiger partial charge in [-0.05, 0) is 36.4 Å². The van der Waals surface area contributed by atoms with Crippen LogP contribution >= 0.6 is 0 Å². The first-order valence-electron chi connectivity index (χ1n) is 10.4. The average Bonchev–Trinajstić information content (AvgIpc) is 3.33. The standard InChI is InChI=1S/C10H7FN2O3.C8H7FN2O3.C4F6O3/c1-5-12-9(13-16-5)6-2-7(10(14)15)4-8(11)3-6;9-6-2-4(7(10)11-14)1-5(3-6)8(12)13;5-3(6,7)1(11)13-2(12)4(8,9)10/h2-4H,1H3,(H,14,15);1-3,14H,(H2,10,11)(H,12,13);. The van der Waals surface area contributed by atoms with E-state index in [0.29, 0.717) is 5.89 Å². The number of carboxylic acid groups (broad SMARTS) is 2. The number of carbonyl (C=O) groups excluding carboxylic acids is 2. The molecule has 43 heavy (non-hydrogen) atoms. The van der Waals surface area contributed by atoms with Gasteiger partial charge in [0.15, 0.2) is 5.84 Å². The maximum absolute atomic E-state index is 13.1. The zero-order valence-electron chi connectivity index (χ0n) is 20.7. The minimum atomic E-state index is -5.62. The number of amidine groups is 1. The van der Waals surface area contributed by atoms with Crippen LogP contribution in [0.15, 0.2) is 46.1 Å². The van der Waals surface area contributed by atoms with E-state index in [2.05, 4.69) is 20.0 Å². The molecule has 0 amide bonds. The number of ether oxygens (including phenoxy) is 1. The van der Waals surface area contributed by atoms with Gasteiger partial charge < -0.3 is 30.4 Å². The zero-order valence-corrected chi connectivity index (χ0v) is 20.7. The minimum absolute atomic E-state index is 0.0184. The number of nitrogens with two attached hydrogens (primary N) is 1. The van der Waals surface area contributed by atoms with Crippen molar-refractivity contribution in [1.82, 2.24) is 10.1 Å². The van der Waals surface area contributed by atoms with Gasteiger partial charge in [-0.1, -0.05) is 10.3 Å². The Morgan fingerprint density at radius 3 is 1.65 bits per heavy atom. The molecule has 0 aliphatic heterocycles. The van der Waals surface area contributed by atoms with Crippen molar-refractivity contribution in [2.24, 2.45) is 10.9 Å². The molecule has 0 radical (unpaired) electrons. The summed E-state index contributed by atoms with van der Waals surface area (Å²) in [6.07, 6.45) is -11.2. The number of aryl methyl sites for hydroxylation is 1. The average molecular weight is 630 g/mol. The summed E-state index contributed by atoms with van der Waals surface area (Å²) in [6.45, 7) is 1.59. The maximum Gasteiger partial charge on any atom is 0.491 e. The van der Waals surface area contributed by atoms with Gasteiger partial charge in [-0.25, -0.2) is 28.0 Å². The first-order valence-corrected chi connectivity index (χ1v) is 10.4. The van der Waals surface area contributed by atoms with E-state index in [0.717, 1.165) is 30.3 Å². The number of aromatic nitrogens is 2. The van der Waals surface area contributed by atoms with E-state index >= 15 is 0 Å². The van der Waals surface area contributed by atoms with Crippen LogP contribution in [-0.2, 0) is 14.3 Å². The lowest BCUT2D eigenvalue weighted by atomic mass is 10.1. The second-order valence-corrected chi connectivity index (χ2v) is 7.36. The molecule has 1 aromatic heterocycles. The number of alkyl halides is 6. The zero-order chi connectivity index (χ0) is 33.3. The molecular formula is C22H14F8N4O9. The number of rotatable bonds is 4. The quantitative estimate of drug-likeness (QED) is 0.0618. The number of halogens is 8. The molecule has 0 spiro atoms. The number of aromatic carboxylic acids is 2. The van der Waals surface area contributed by atoms with Crippen molar-refractivity contribution >= 4 is 29.7 Å². The third-order valence-corrected chi connectivity index (χ3v) is 4.13. The molecule has 0 fully saturated rings. The third kappa shape index (κ3) is 11.4. The SMILES string of the molecule is Cc1nc(-c2cc(F)cc(C(=O)O)c2)no1.N/C(=N\O)c1cc(F)cc(C(=O)O)c1.O=C(OC(=O)C(F)(F)F)C(F)(F)F. The predicted molar refractivity (Wildman–Crippen MR) is 120 cm³/mol. The van der Waals surface area contributed by atoms with Gasteiger partial charge in [0.05, 0.1) is 11.1 Å². The minimum Gasteiger partial charge on any atom is -0.478 e. The number of esters is 2. The van der Waals surface area contributed by atoms with Crippen molar-refractivity contribution in [3.05, 3.63) is 70.6 Å². The fourth-order valence-corrected chi connectivity index (χ4v) is 2.38. The van der Waals surface area contributed by atoms with E-state index in [1.165, 1.54) is 6.07 Å². The largest absolute Gasteiger partial charge is 0.491 e. The summed E-state index contributed by atoms with van der Waals surface area (Å²) in [5.41, 5.74) is 5.05. The highest BCUT2D eigenvalue weighted by Crippen LogP contribution is 2.22. The molecule has 5 N–H and O–H groups in total. The fourth-order valence-electron chi connectivity index (χ4n) is 2.38. The Morgan fingerprint density at radius 1 is 0.814 bits per heavy atom. The van der Waals surface area contributed by atoms with E-state index in [1.54, 1.807) is 6.92 Å². The number of oxime groups is 1. The molecule has 0 aliphatic rings.